The second kappa shape index (κ2) is 12.3. The molecular formula is C26H24F2N4O5S2. The van der Waals surface area contributed by atoms with Crippen LogP contribution in [0.15, 0.2) is 53.0 Å². The first-order valence-electron chi connectivity index (χ1n) is 11.5. The van der Waals surface area contributed by atoms with Crippen LogP contribution in [0.2, 0.25) is 0 Å². The second-order valence-corrected chi connectivity index (χ2v) is 9.97. The number of thioether (sulfide) groups is 1. The first-order valence-corrected chi connectivity index (χ1v) is 13.4. The molecule has 0 aliphatic rings. The van der Waals surface area contributed by atoms with Crippen LogP contribution < -0.4 is 14.8 Å². The van der Waals surface area contributed by atoms with E-state index in [0.29, 0.717) is 27.3 Å². The number of hydrogen-bond donors (Lipinski definition) is 1. The summed E-state index contributed by atoms with van der Waals surface area (Å²) in [6, 6.07) is 10.2. The number of carbonyl (C=O) groups excluding carboxylic acids is 2. The van der Waals surface area contributed by atoms with E-state index >= 15 is 0 Å². The highest BCUT2D eigenvalue weighted by Crippen LogP contribution is 2.37. The molecule has 0 bridgehead atoms. The third kappa shape index (κ3) is 6.37. The van der Waals surface area contributed by atoms with Crippen LogP contribution in [0.3, 0.4) is 0 Å². The van der Waals surface area contributed by atoms with Gasteiger partial charge in [0.25, 0.3) is 0 Å². The number of hydrogen-bond acceptors (Lipinski definition) is 9. The van der Waals surface area contributed by atoms with E-state index in [1.165, 1.54) is 24.5 Å². The van der Waals surface area contributed by atoms with E-state index in [1.807, 2.05) is 12.1 Å². The smallest absolute Gasteiger partial charge is 0.341 e. The average molecular weight is 575 g/mol. The summed E-state index contributed by atoms with van der Waals surface area (Å²) >= 11 is 2.34. The van der Waals surface area contributed by atoms with E-state index < -0.39 is 23.7 Å². The van der Waals surface area contributed by atoms with Crippen molar-refractivity contribution in [2.45, 2.75) is 18.2 Å². The number of rotatable bonds is 10. The third-order valence-corrected chi connectivity index (χ3v) is 7.51. The molecule has 1 amide bonds. The Balaban J connectivity index is 1.43. The van der Waals surface area contributed by atoms with E-state index in [2.05, 4.69) is 15.5 Å². The topological polar surface area (TPSA) is 105 Å². The van der Waals surface area contributed by atoms with Crippen molar-refractivity contribution in [3.05, 3.63) is 70.9 Å². The van der Waals surface area contributed by atoms with Gasteiger partial charge >= 0.3 is 5.97 Å². The molecule has 39 heavy (non-hydrogen) atoms. The van der Waals surface area contributed by atoms with Gasteiger partial charge in [0.15, 0.2) is 28.7 Å². The SMILES string of the molecule is COC(=O)c1c(-c2ccc(OC)cc2)csc1NC(=O)CSc1nnc(C(C)Oc2ccc(F)cc2F)n1C. The van der Waals surface area contributed by atoms with Gasteiger partial charge in [-0.15, -0.1) is 21.5 Å². The molecule has 0 saturated heterocycles. The van der Waals surface area contributed by atoms with Crippen molar-refractivity contribution in [2.24, 2.45) is 7.05 Å². The van der Waals surface area contributed by atoms with Crippen LogP contribution in [0.25, 0.3) is 11.1 Å². The Morgan fingerprint density at radius 3 is 2.54 bits per heavy atom. The normalized spacial score (nSPS) is 11.6. The summed E-state index contributed by atoms with van der Waals surface area (Å²) in [5.74, 6) is -1.56. The predicted octanol–water partition coefficient (Wildman–Crippen LogP) is 5.49. The number of methoxy groups -OCH3 is 2. The molecule has 2 aromatic carbocycles. The Bertz CT molecular complexity index is 1490. The van der Waals surface area contributed by atoms with E-state index in [0.717, 1.165) is 29.5 Å². The summed E-state index contributed by atoms with van der Waals surface area (Å²) in [4.78, 5) is 25.4. The number of halogens is 2. The molecule has 13 heteroatoms. The minimum Gasteiger partial charge on any atom is -0.497 e. The van der Waals surface area contributed by atoms with Crippen molar-refractivity contribution in [2.75, 3.05) is 25.3 Å². The van der Waals surface area contributed by atoms with Crippen molar-refractivity contribution in [1.82, 2.24) is 14.8 Å². The molecule has 0 aliphatic carbocycles. The van der Waals surface area contributed by atoms with Gasteiger partial charge in [0.1, 0.15) is 22.1 Å². The molecule has 1 N–H and O–H groups in total. The summed E-state index contributed by atoms with van der Waals surface area (Å²) in [5, 5.41) is 13.5. The first-order chi connectivity index (χ1) is 18.7. The average Bonchev–Trinajstić information content (AvgIpc) is 3.51. The van der Waals surface area contributed by atoms with Crippen LogP contribution in [0.5, 0.6) is 11.5 Å². The van der Waals surface area contributed by atoms with Gasteiger partial charge in [0.2, 0.25) is 5.91 Å². The fourth-order valence-corrected chi connectivity index (χ4v) is 5.34. The predicted molar refractivity (Wildman–Crippen MR) is 143 cm³/mol. The minimum atomic E-state index is -0.828. The number of benzene rings is 2. The van der Waals surface area contributed by atoms with Crippen LogP contribution in [-0.2, 0) is 16.6 Å². The highest BCUT2D eigenvalue weighted by Gasteiger charge is 2.23. The molecule has 4 rings (SSSR count). The van der Waals surface area contributed by atoms with Gasteiger partial charge in [-0.2, -0.15) is 0 Å². The number of thiophene rings is 1. The minimum absolute atomic E-state index is 0.0236. The number of esters is 1. The fourth-order valence-electron chi connectivity index (χ4n) is 3.65. The maximum atomic E-state index is 14.0. The summed E-state index contributed by atoms with van der Waals surface area (Å²) < 4.78 is 44.5. The van der Waals surface area contributed by atoms with E-state index in [1.54, 1.807) is 43.2 Å². The zero-order chi connectivity index (χ0) is 28.1. The van der Waals surface area contributed by atoms with Gasteiger partial charge in [0, 0.05) is 24.1 Å². The fraction of sp³-hybridized carbons (Fsp3) is 0.231. The zero-order valence-corrected chi connectivity index (χ0v) is 23.0. The van der Waals surface area contributed by atoms with Gasteiger partial charge in [0.05, 0.1) is 20.0 Å². The lowest BCUT2D eigenvalue weighted by Crippen LogP contribution is -2.16. The van der Waals surface area contributed by atoms with Gasteiger partial charge in [-0.1, -0.05) is 23.9 Å². The lowest BCUT2D eigenvalue weighted by molar-refractivity contribution is -0.113. The number of nitrogens with zero attached hydrogens (tertiary/aromatic N) is 3. The summed E-state index contributed by atoms with van der Waals surface area (Å²) in [7, 11) is 4.53. The molecule has 0 saturated carbocycles. The number of nitrogens with one attached hydrogen (secondary N) is 1. The van der Waals surface area contributed by atoms with E-state index in [9.17, 15) is 18.4 Å². The van der Waals surface area contributed by atoms with Gasteiger partial charge in [-0.25, -0.2) is 13.6 Å². The number of carbonyl (C=O) groups is 2. The van der Waals surface area contributed by atoms with Crippen molar-refractivity contribution >= 4 is 40.0 Å². The summed E-state index contributed by atoms with van der Waals surface area (Å²) in [6.07, 6.45) is -0.698. The Morgan fingerprint density at radius 2 is 1.87 bits per heavy atom. The number of anilines is 1. The number of ether oxygens (including phenoxy) is 3. The number of aromatic nitrogens is 3. The molecular weight excluding hydrogens is 550 g/mol. The van der Waals surface area contributed by atoms with Crippen molar-refractivity contribution in [3.63, 3.8) is 0 Å². The van der Waals surface area contributed by atoms with Crippen LogP contribution in [0, 0.1) is 11.6 Å². The van der Waals surface area contributed by atoms with Crippen molar-refractivity contribution in [1.29, 1.82) is 0 Å². The molecule has 2 heterocycles. The largest absolute Gasteiger partial charge is 0.497 e. The highest BCUT2D eigenvalue weighted by molar-refractivity contribution is 7.99. The van der Waals surface area contributed by atoms with E-state index in [-0.39, 0.29) is 23.0 Å². The molecule has 0 fully saturated rings. The first kappa shape index (κ1) is 28.0. The van der Waals surface area contributed by atoms with Gasteiger partial charge in [-0.05, 0) is 36.8 Å². The molecule has 1 unspecified atom stereocenters. The summed E-state index contributed by atoms with van der Waals surface area (Å²) in [5.41, 5.74) is 1.65. The van der Waals surface area contributed by atoms with Crippen molar-refractivity contribution < 1.29 is 32.6 Å². The van der Waals surface area contributed by atoms with Gasteiger partial charge < -0.3 is 24.1 Å². The monoisotopic (exact) mass is 574 g/mol. The second-order valence-electron chi connectivity index (χ2n) is 8.15. The Labute approximate surface area is 231 Å². The maximum Gasteiger partial charge on any atom is 0.341 e. The third-order valence-electron chi connectivity index (χ3n) is 5.60. The molecule has 4 aromatic rings. The van der Waals surface area contributed by atoms with Gasteiger partial charge in [-0.3, -0.25) is 4.79 Å². The molecule has 0 radical (unpaired) electrons. The lowest BCUT2D eigenvalue weighted by Gasteiger charge is -2.14. The Kier molecular flexibility index (Phi) is 8.82. The zero-order valence-electron chi connectivity index (χ0n) is 21.4. The molecule has 204 valence electrons. The Morgan fingerprint density at radius 1 is 1.13 bits per heavy atom. The highest BCUT2D eigenvalue weighted by atomic mass is 32.2. The lowest BCUT2D eigenvalue weighted by atomic mass is 10.0. The maximum absolute atomic E-state index is 14.0. The van der Waals surface area contributed by atoms with Crippen LogP contribution >= 0.6 is 23.1 Å². The van der Waals surface area contributed by atoms with E-state index in [4.69, 9.17) is 14.2 Å². The van der Waals surface area contributed by atoms with Crippen molar-refractivity contribution in [3.8, 4) is 22.6 Å². The molecule has 0 spiro atoms. The molecule has 2 aromatic heterocycles. The van der Waals surface area contributed by atoms with Crippen LogP contribution in [0.1, 0.15) is 29.2 Å². The van der Waals surface area contributed by atoms with Crippen LogP contribution in [0.4, 0.5) is 13.8 Å². The number of amides is 1. The molecule has 0 aliphatic heterocycles. The molecule has 9 nitrogen and oxygen atoms in total. The standard InChI is InChI=1S/C26H24F2N4O5S2/c1-14(37-20-10-7-16(27)11-19(20)28)23-30-31-26(32(23)2)39-13-21(33)29-24-22(25(34)36-4)18(12-38-24)15-5-8-17(35-3)9-6-15/h5-12,14H,13H2,1-4H3,(H,29,33). The summed E-state index contributed by atoms with van der Waals surface area (Å²) in [6.45, 7) is 1.65. The molecule has 1 atom stereocenters. The Hall–Kier alpha value is -3.97. The quantitative estimate of drug-likeness (QED) is 0.196. The van der Waals surface area contributed by atoms with Crippen LogP contribution in [-0.4, -0.2) is 46.6 Å².